The smallest absolute Gasteiger partial charge is 0.336 e. The number of halogens is 3. The Labute approximate surface area is 165 Å². The van der Waals surface area contributed by atoms with Gasteiger partial charge in [0.1, 0.15) is 6.07 Å². The Bertz CT molecular complexity index is 1050. The predicted octanol–water partition coefficient (Wildman–Crippen LogP) is 2.72. The predicted molar refractivity (Wildman–Crippen MR) is 97.3 cm³/mol. The van der Waals surface area contributed by atoms with E-state index in [9.17, 15) is 26.4 Å². The van der Waals surface area contributed by atoms with Gasteiger partial charge in [-0.25, -0.2) is 8.42 Å². The number of sulfonamides is 1. The number of amides is 1. The lowest BCUT2D eigenvalue weighted by molar-refractivity contribution is -0.137. The minimum Gasteiger partial charge on any atom is -0.336 e. The molecule has 29 heavy (non-hydrogen) atoms. The van der Waals surface area contributed by atoms with Gasteiger partial charge in [-0.3, -0.25) is 4.79 Å². The van der Waals surface area contributed by atoms with Crippen LogP contribution in [0.4, 0.5) is 13.2 Å². The molecule has 1 heterocycles. The molecule has 0 saturated carbocycles. The third-order valence-electron chi connectivity index (χ3n) is 4.61. The number of rotatable bonds is 3. The summed E-state index contributed by atoms with van der Waals surface area (Å²) in [7, 11) is -3.89. The summed E-state index contributed by atoms with van der Waals surface area (Å²) in [5, 5.41) is 9.13. The lowest BCUT2D eigenvalue weighted by Crippen LogP contribution is -2.50. The average Bonchev–Trinajstić information content (AvgIpc) is 2.72. The van der Waals surface area contributed by atoms with Crippen molar-refractivity contribution in [1.29, 1.82) is 5.26 Å². The van der Waals surface area contributed by atoms with Crippen molar-refractivity contribution in [2.75, 3.05) is 26.2 Å². The van der Waals surface area contributed by atoms with Crippen molar-refractivity contribution < 1.29 is 26.4 Å². The monoisotopic (exact) mass is 423 g/mol. The van der Waals surface area contributed by atoms with Gasteiger partial charge in [0.05, 0.1) is 16.0 Å². The molecule has 2 aromatic carbocycles. The Morgan fingerprint density at radius 2 is 1.55 bits per heavy atom. The van der Waals surface area contributed by atoms with Crippen LogP contribution in [0, 0.1) is 11.3 Å². The van der Waals surface area contributed by atoms with E-state index >= 15 is 0 Å². The van der Waals surface area contributed by atoms with Crippen LogP contribution in [-0.4, -0.2) is 49.7 Å². The van der Waals surface area contributed by atoms with Gasteiger partial charge in [0.25, 0.3) is 5.91 Å². The zero-order chi connectivity index (χ0) is 21.2. The fourth-order valence-corrected chi connectivity index (χ4v) is 4.60. The van der Waals surface area contributed by atoms with E-state index < -0.39 is 27.7 Å². The molecular formula is C19H16F3N3O3S. The standard InChI is InChI=1S/C19H16F3N3O3S/c20-19(21,22)16-7-5-14(6-8-16)18(26)24-9-11-25(12-10-24)29(27,28)17-4-2-1-3-15(17)13-23/h1-8H,9-12H2. The number of piperazine rings is 1. The molecule has 0 N–H and O–H groups in total. The molecule has 0 spiro atoms. The molecule has 0 aliphatic carbocycles. The Kier molecular flexibility index (Phi) is 5.64. The molecule has 1 saturated heterocycles. The van der Waals surface area contributed by atoms with E-state index in [1.54, 1.807) is 6.07 Å². The van der Waals surface area contributed by atoms with Crippen LogP contribution in [-0.2, 0) is 16.2 Å². The van der Waals surface area contributed by atoms with Crippen LogP contribution in [0.5, 0.6) is 0 Å². The van der Waals surface area contributed by atoms with E-state index in [1.807, 2.05) is 6.07 Å². The van der Waals surface area contributed by atoms with Gasteiger partial charge in [-0.2, -0.15) is 22.7 Å². The molecule has 3 rings (SSSR count). The van der Waals surface area contributed by atoms with E-state index in [2.05, 4.69) is 0 Å². The minimum absolute atomic E-state index is 0.0223. The lowest BCUT2D eigenvalue weighted by Gasteiger charge is -2.34. The summed E-state index contributed by atoms with van der Waals surface area (Å²) in [5.74, 6) is -0.465. The summed E-state index contributed by atoms with van der Waals surface area (Å²) in [6.07, 6.45) is -4.48. The van der Waals surface area contributed by atoms with Crippen LogP contribution >= 0.6 is 0 Å². The molecule has 1 aliphatic heterocycles. The fourth-order valence-electron chi connectivity index (χ4n) is 3.04. The van der Waals surface area contributed by atoms with Gasteiger partial charge in [-0.05, 0) is 36.4 Å². The molecule has 0 radical (unpaired) electrons. The number of hydrogen-bond donors (Lipinski definition) is 0. The number of carbonyl (C=O) groups is 1. The SMILES string of the molecule is N#Cc1ccccc1S(=O)(=O)N1CCN(C(=O)c2ccc(C(F)(F)F)cc2)CC1. The summed E-state index contributed by atoms with van der Waals surface area (Å²) in [5.41, 5.74) is -0.707. The zero-order valence-electron chi connectivity index (χ0n) is 15.1. The first-order valence-corrected chi connectivity index (χ1v) is 10.0. The molecule has 1 amide bonds. The summed E-state index contributed by atoms with van der Waals surface area (Å²) in [4.78, 5) is 13.8. The molecular weight excluding hydrogens is 407 g/mol. The average molecular weight is 423 g/mol. The molecule has 1 aliphatic rings. The number of alkyl halides is 3. The summed E-state index contributed by atoms with van der Waals surface area (Å²) in [6, 6.07) is 11.6. The van der Waals surface area contributed by atoms with Gasteiger partial charge < -0.3 is 4.90 Å². The van der Waals surface area contributed by atoms with E-state index in [0.717, 1.165) is 24.3 Å². The highest BCUT2D eigenvalue weighted by Gasteiger charge is 2.33. The van der Waals surface area contributed by atoms with Gasteiger partial charge >= 0.3 is 6.18 Å². The molecule has 2 aromatic rings. The van der Waals surface area contributed by atoms with Gasteiger partial charge in [-0.15, -0.1) is 0 Å². The van der Waals surface area contributed by atoms with Gasteiger partial charge in [0.15, 0.2) is 0 Å². The Balaban J connectivity index is 1.70. The molecule has 1 fully saturated rings. The van der Waals surface area contributed by atoms with Gasteiger partial charge in [0.2, 0.25) is 10.0 Å². The minimum atomic E-state index is -4.48. The number of carbonyl (C=O) groups excluding carboxylic acids is 1. The Morgan fingerprint density at radius 1 is 0.966 bits per heavy atom. The van der Waals surface area contributed by atoms with Crippen molar-refractivity contribution in [3.05, 3.63) is 65.2 Å². The van der Waals surface area contributed by atoms with Crippen LogP contribution in [0.3, 0.4) is 0 Å². The quantitative estimate of drug-likeness (QED) is 0.760. The topological polar surface area (TPSA) is 81.5 Å². The molecule has 6 nitrogen and oxygen atoms in total. The number of nitrogens with zero attached hydrogens (tertiary/aromatic N) is 3. The second-order valence-electron chi connectivity index (χ2n) is 6.38. The maximum absolute atomic E-state index is 12.8. The highest BCUT2D eigenvalue weighted by atomic mass is 32.2. The van der Waals surface area contributed by atoms with Crippen molar-refractivity contribution >= 4 is 15.9 Å². The first-order valence-electron chi connectivity index (χ1n) is 8.60. The second-order valence-corrected chi connectivity index (χ2v) is 8.29. The maximum Gasteiger partial charge on any atom is 0.416 e. The van der Waals surface area contributed by atoms with Crippen LogP contribution in [0.2, 0.25) is 0 Å². The Morgan fingerprint density at radius 3 is 2.10 bits per heavy atom. The second kappa shape index (κ2) is 7.85. The van der Waals surface area contributed by atoms with Crippen molar-refractivity contribution in [3.63, 3.8) is 0 Å². The summed E-state index contributed by atoms with van der Waals surface area (Å²) < 4.78 is 64.8. The van der Waals surface area contributed by atoms with Crippen molar-refractivity contribution in [3.8, 4) is 6.07 Å². The number of nitriles is 1. The number of hydrogen-bond acceptors (Lipinski definition) is 4. The molecule has 0 unspecified atom stereocenters. The molecule has 10 heteroatoms. The third-order valence-corrected chi connectivity index (χ3v) is 6.57. The van der Waals surface area contributed by atoms with Crippen LogP contribution in [0.25, 0.3) is 0 Å². The first-order chi connectivity index (χ1) is 13.6. The third kappa shape index (κ3) is 4.26. The Hall–Kier alpha value is -2.90. The molecule has 0 aromatic heterocycles. The van der Waals surface area contributed by atoms with Crippen molar-refractivity contribution in [1.82, 2.24) is 9.21 Å². The van der Waals surface area contributed by atoms with Crippen LogP contribution < -0.4 is 0 Å². The van der Waals surface area contributed by atoms with Gasteiger partial charge in [0, 0.05) is 31.7 Å². The lowest BCUT2D eigenvalue weighted by atomic mass is 10.1. The summed E-state index contributed by atoms with van der Waals surface area (Å²) in [6.45, 7) is 0.227. The van der Waals surface area contributed by atoms with E-state index in [1.165, 1.54) is 27.4 Å². The van der Waals surface area contributed by atoms with Crippen molar-refractivity contribution in [2.24, 2.45) is 0 Å². The molecule has 0 bridgehead atoms. The van der Waals surface area contributed by atoms with Gasteiger partial charge in [-0.1, -0.05) is 12.1 Å². The summed E-state index contributed by atoms with van der Waals surface area (Å²) >= 11 is 0. The van der Waals surface area contributed by atoms with Crippen molar-refractivity contribution in [2.45, 2.75) is 11.1 Å². The highest BCUT2D eigenvalue weighted by molar-refractivity contribution is 7.89. The van der Waals surface area contributed by atoms with E-state index in [4.69, 9.17) is 5.26 Å². The maximum atomic E-state index is 12.8. The normalized spacial score (nSPS) is 15.7. The first kappa shape index (κ1) is 20.8. The zero-order valence-corrected chi connectivity index (χ0v) is 15.9. The van der Waals surface area contributed by atoms with E-state index in [-0.39, 0.29) is 42.2 Å². The molecule has 152 valence electrons. The highest BCUT2D eigenvalue weighted by Crippen LogP contribution is 2.29. The van der Waals surface area contributed by atoms with Crippen LogP contribution in [0.1, 0.15) is 21.5 Å². The fraction of sp³-hybridized carbons (Fsp3) is 0.263. The largest absolute Gasteiger partial charge is 0.416 e. The van der Waals surface area contributed by atoms with Crippen LogP contribution in [0.15, 0.2) is 53.4 Å². The number of benzene rings is 2. The van der Waals surface area contributed by atoms with E-state index in [0.29, 0.717) is 0 Å². The molecule has 0 atom stereocenters.